The topological polar surface area (TPSA) is 70.6 Å². The fourth-order valence-electron chi connectivity index (χ4n) is 4.35. The van der Waals surface area contributed by atoms with Crippen molar-refractivity contribution >= 4 is 48.3 Å². The molecule has 8 heteroatoms. The third-order valence-corrected chi connectivity index (χ3v) is 9.22. The molecule has 5 rings (SSSR count). The first kappa shape index (κ1) is 22.0. The van der Waals surface area contributed by atoms with E-state index in [0.717, 1.165) is 43.1 Å². The number of hydrogen-bond acceptors (Lipinski definition) is 5. The summed E-state index contributed by atoms with van der Waals surface area (Å²) in [6.07, 6.45) is 1.86. The van der Waals surface area contributed by atoms with Crippen molar-refractivity contribution in [3.63, 3.8) is 0 Å². The summed E-state index contributed by atoms with van der Waals surface area (Å²) >= 11 is 1.68. The lowest BCUT2D eigenvalue weighted by atomic mass is 9.98. The van der Waals surface area contributed by atoms with Crippen molar-refractivity contribution < 1.29 is 13.2 Å². The van der Waals surface area contributed by atoms with Crippen LogP contribution in [0, 0.1) is 0 Å². The van der Waals surface area contributed by atoms with E-state index in [1.165, 1.54) is 7.05 Å². The van der Waals surface area contributed by atoms with Crippen LogP contribution in [-0.2, 0) is 14.8 Å². The molecule has 0 radical (unpaired) electrons. The smallest absolute Gasteiger partial charge is 0.243 e. The first-order valence-corrected chi connectivity index (χ1v) is 13.3. The zero-order chi connectivity index (χ0) is 23.0. The van der Waals surface area contributed by atoms with Crippen molar-refractivity contribution in [2.45, 2.75) is 23.7 Å². The lowest BCUT2D eigenvalue weighted by Gasteiger charge is -2.32. The van der Waals surface area contributed by atoms with E-state index in [0.29, 0.717) is 13.1 Å². The van der Waals surface area contributed by atoms with E-state index in [1.807, 2.05) is 42.5 Å². The summed E-state index contributed by atoms with van der Waals surface area (Å²) in [5.74, 6) is 0.00942. The molecule has 1 saturated heterocycles. The predicted molar refractivity (Wildman–Crippen MR) is 132 cm³/mol. The van der Waals surface area contributed by atoms with Crippen LogP contribution in [0.1, 0.15) is 23.8 Å². The number of para-hydroxylation sites is 1. The number of rotatable bonds is 5. The van der Waals surface area contributed by atoms with Gasteiger partial charge < -0.3 is 4.90 Å². The highest BCUT2D eigenvalue weighted by Gasteiger charge is 2.30. The molecular weight excluding hydrogens is 454 g/mol. The zero-order valence-electron chi connectivity index (χ0n) is 18.3. The summed E-state index contributed by atoms with van der Waals surface area (Å²) < 4.78 is 28.6. The highest BCUT2D eigenvalue weighted by molar-refractivity contribution is 7.89. The average Bonchev–Trinajstić information content (AvgIpc) is 3.28. The minimum absolute atomic E-state index is 0.173. The number of likely N-dealkylation sites (tertiary alicyclic amines) is 1. The molecule has 4 aromatic rings. The Labute approximate surface area is 197 Å². The number of fused-ring (bicyclic) bond motifs is 2. The quantitative estimate of drug-likeness (QED) is 0.423. The molecule has 1 aliphatic rings. The summed E-state index contributed by atoms with van der Waals surface area (Å²) in [6.45, 7) is 1.04. The fraction of sp³-hybridized carbons (Fsp3) is 0.280. The number of piperidine rings is 1. The minimum atomic E-state index is -3.77. The lowest BCUT2D eigenvalue weighted by molar-refractivity contribution is -0.132. The van der Waals surface area contributed by atoms with Gasteiger partial charge in [0.15, 0.2) is 0 Å². The van der Waals surface area contributed by atoms with Crippen LogP contribution in [0.25, 0.3) is 21.0 Å². The van der Waals surface area contributed by atoms with E-state index in [2.05, 4.69) is 6.07 Å². The normalized spacial score (nSPS) is 17.2. The van der Waals surface area contributed by atoms with Crippen LogP contribution in [0.15, 0.2) is 71.6 Å². The molecule has 0 saturated carbocycles. The largest absolute Gasteiger partial charge is 0.341 e. The second kappa shape index (κ2) is 8.85. The third kappa shape index (κ3) is 4.38. The standard InChI is InChI=1S/C25H25N3O3S2/c1-27(33(30,31)21-13-12-18-7-2-3-8-19(18)15-21)17-24(29)28-14-6-9-20(16-28)25-26-22-10-4-5-11-23(22)32-25/h2-5,7-8,10-13,15,20H,6,9,14,16-17H2,1H3/t20-/m1/s1. The van der Waals surface area contributed by atoms with Crippen LogP contribution in [0.2, 0.25) is 0 Å². The van der Waals surface area contributed by atoms with Crippen LogP contribution in [0.5, 0.6) is 0 Å². The van der Waals surface area contributed by atoms with Gasteiger partial charge in [0.05, 0.1) is 26.7 Å². The van der Waals surface area contributed by atoms with Gasteiger partial charge >= 0.3 is 0 Å². The number of hydrogen-bond donors (Lipinski definition) is 0. The van der Waals surface area contributed by atoms with Gasteiger partial charge in [-0.2, -0.15) is 4.31 Å². The van der Waals surface area contributed by atoms with Crippen molar-refractivity contribution in [1.29, 1.82) is 0 Å². The van der Waals surface area contributed by atoms with Crippen LogP contribution in [0.3, 0.4) is 0 Å². The van der Waals surface area contributed by atoms with Crippen LogP contribution in [-0.4, -0.2) is 55.2 Å². The Morgan fingerprint density at radius 3 is 2.67 bits per heavy atom. The molecule has 3 aromatic carbocycles. The first-order chi connectivity index (χ1) is 15.9. The van der Waals surface area contributed by atoms with Crippen molar-refractivity contribution in [3.8, 4) is 0 Å². The number of sulfonamides is 1. The van der Waals surface area contributed by atoms with Gasteiger partial charge in [-0.1, -0.05) is 42.5 Å². The number of carbonyl (C=O) groups excluding carboxylic acids is 1. The van der Waals surface area contributed by atoms with E-state index in [9.17, 15) is 13.2 Å². The van der Waals surface area contributed by atoms with E-state index >= 15 is 0 Å². The molecule has 1 fully saturated rings. The molecule has 33 heavy (non-hydrogen) atoms. The number of amides is 1. The summed E-state index contributed by atoms with van der Waals surface area (Å²) in [4.78, 5) is 19.8. The van der Waals surface area contributed by atoms with E-state index < -0.39 is 10.0 Å². The summed E-state index contributed by atoms with van der Waals surface area (Å²) in [5, 5.41) is 2.88. The first-order valence-electron chi connectivity index (χ1n) is 11.0. The molecule has 170 valence electrons. The molecule has 1 aliphatic heterocycles. The van der Waals surface area contributed by atoms with Gasteiger partial charge in [-0.3, -0.25) is 4.79 Å². The number of aromatic nitrogens is 1. The molecule has 0 unspecified atom stereocenters. The summed E-state index contributed by atoms with van der Waals surface area (Å²) in [7, 11) is -2.30. The molecule has 1 atom stereocenters. The van der Waals surface area contributed by atoms with Gasteiger partial charge in [-0.05, 0) is 47.9 Å². The van der Waals surface area contributed by atoms with Gasteiger partial charge in [-0.15, -0.1) is 11.3 Å². The number of nitrogens with zero attached hydrogens (tertiary/aromatic N) is 3. The lowest BCUT2D eigenvalue weighted by Crippen LogP contribution is -2.45. The van der Waals surface area contributed by atoms with Crippen molar-refractivity contribution in [3.05, 3.63) is 71.7 Å². The Morgan fingerprint density at radius 2 is 1.85 bits per heavy atom. The Kier molecular flexibility index (Phi) is 5.90. The maximum Gasteiger partial charge on any atom is 0.243 e. The predicted octanol–water partition coefficient (Wildman–Crippen LogP) is 4.48. The summed E-state index contributed by atoms with van der Waals surface area (Å²) in [6, 6.07) is 20.7. The van der Waals surface area contributed by atoms with Crippen molar-refractivity contribution in [2.24, 2.45) is 0 Å². The van der Waals surface area contributed by atoms with Gasteiger partial charge in [0.2, 0.25) is 15.9 Å². The van der Waals surface area contributed by atoms with E-state index in [-0.39, 0.29) is 23.3 Å². The molecule has 6 nitrogen and oxygen atoms in total. The number of likely N-dealkylation sites (N-methyl/N-ethyl adjacent to an activating group) is 1. The number of thiazole rings is 1. The van der Waals surface area contributed by atoms with Gasteiger partial charge in [-0.25, -0.2) is 13.4 Å². The fourth-order valence-corrected chi connectivity index (χ4v) is 6.60. The molecule has 1 amide bonds. The molecule has 1 aromatic heterocycles. The highest BCUT2D eigenvalue weighted by atomic mass is 32.2. The Balaban J connectivity index is 1.29. The van der Waals surface area contributed by atoms with E-state index in [4.69, 9.17) is 4.98 Å². The zero-order valence-corrected chi connectivity index (χ0v) is 20.0. The molecule has 0 aliphatic carbocycles. The molecule has 0 spiro atoms. The van der Waals surface area contributed by atoms with Gasteiger partial charge in [0, 0.05) is 26.1 Å². The SMILES string of the molecule is CN(CC(=O)N1CCC[C@@H](c2nc3ccccc3s2)C1)S(=O)(=O)c1ccc2ccccc2c1. The van der Waals surface area contributed by atoms with Gasteiger partial charge in [0.25, 0.3) is 0 Å². The third-order valence-electron chi connectivity index (χ3n) is 6.22. The molecule has 0 N–H and O–H groups in total. The maximum atomic E-state index is 13.1. The van der Waals surface area contributed by atoms with Crippen molar-refractivity contribution in [1.82, 2.24) is 14.2 Å². The molecule has 0 bridgehead atoms. The highest BCUT2D eigenvalue weighted by Crippen LogP contribution is 2.33. The number of carbonyl (C=O) groups is 1. The second-order valence-corrected chi connectivity index (χ2v) is 11.6. The van der Waals surface area contributed by atoms with Crippen LogP contribution < -0.4 is 0 Å². The second-order valence-electron chi connectivity index (χ2n) is 8.47. The summed E-state index contributed by atoms with van der Waals surface area (Å²) in [5.41, 5.74) is 0.988. The van der Waals surface area contributed by atoms with Gasteiger partial charge in [0.1, 0.15) is 0 Å². The molecular formula is C25H25N3O3S2. The number of benzene rings is 3. The van der Waals surface area contributed by atoms with Crippen LogP contribution >= 0.6 is 11.3 Å². The van der Waals surface area contributed by atoms with Crippen molar-refractivity contribution in [2.75, 3.05) is 26.7 Å². The monoisotopic (exact) mass is 479 g/mol. The van der Waals surface area contributed by atoms with Crippen LogP contribution in [0.4, 0.5) is 0 Å². The van der Waals surface area contributed by atoms with E-state index in [1.54, 1.807) is 34.4 Å². The Morgan fingerprint density at radius 1 is 1.09 bits per heavy atom. The minimum Gasteiger partial charge on any atom is -0.341 e. The Bertz CT molecular complexity index is 1400. The average molecular weight is 480 g/mol. The maximum absolute atomic E-state index is 13.1. The Hall–Kier alpha value is -2.81. The molecule has 2 heterocycles.